The summed E-state index contributed by atoms with van der Waals surface area (Å²) >= 11 is -1.60. The molecule has 31 heavy (non-hydrogen) atoms. The number of hydrogen-bond donors (Lipinski definition) is 2. The molecule has 4 rings (SSSR count). The van der Waals surface area contributed by atoms with Crippen LogP contribution in [0.25, 0.3) is 0 Å². The van der Waals surface area contributed by atoms with Crippen LogP contribution >= 0.6 is 0 Å². The van der Waals surface area contributed by atoms with Crippen molar-refractivity contribution in [2.24, 2.45) is 46.2 Å². The molecule has 4 saturated carbocycles. The molecule has 8 unspecified atom stereocenters. The normalized spacial score (nSPS) is 41.9. The van der Waals surface area contributed by atoms with Gasteiger partial charge in [0.15, 0.2) is 11.1 Å². The van der Waals surface area contributed by atoms with E-state index in [1.54, 1.807) is 0 Å². The summed E-state index contributed by atoms with van der Waals surface area (Å²) in [5.41, 5.74) is 5.76. The number of unbranched alkanes of at least 4 members (excludes halogenated alkanes) is 2. The minimum atomic E-state index is -1.60. The van der Waals surface area contributed by atoms with E-state index in [1.807, 2.05) is 6.79 Å². The molecule has 4 nitrogen and oxygen atoms in total. The highest BCUT2D eigenvalue weighted by Crippen LogP contribution is 2.67. The number of nitrogens with two attached hydrogens (primary N) is 1. The quantitative estimate of drug-likeness (QED) is 0.369. The van der Waals surface area contributed by atoms with Crippen molar-refractivity contribution < 1.29 is 13.6 Å². The Morgan fingerprint density at radius 3 is 2.29 bits per heavy atom. The van der Waals surface area contributed by atoms with E-state index >= 15 is 0 Å². The molecule has 0 aliphatic heterocycles. The third-order valence-corrected chi connectivity index (χ3v) is 10.8. The predicted molar refractivity (Wildman–Crippen MR) is 131 cm³/mol. The third kappa shape index (κ3) is 5.63. The lowest BCUT2D eigenvalue weighted by molar-refractivity contribution is -0.111. The van der Waals surface area contributed by atoms with Gasteiger partial charge in [0.1, 0.15) is 6.79 Å². The van der Waals surface area contributed by atoms with E-state index < -0.39 is 11.1 Å². The second-order valence-corrected chi connectivity index (χ2v) is 12.1. The van der Waals surface area contributed by atoms with Crippen molar-refractivity contribution in [3.63, 3.8) is 0 Å². The van der Waals surface area contributed by atoms with E-state index in [4.69, 9.17) is 9.35 Å². The van der Waals surface area contributed by atoms with Gasteiger partial charge >= 0.3 is 0 Å². The number of carbonyl (C=O) groups is 1. The van der Waals surface area contributed by atoms with Crippen LogP contribution < -0.4 is 5.73 Å². The van der Waals surface area contributed by atoms with Gasteiger partial charge in [0.05, 0.1) is 0 Å². The van der Waals surface area contributed by atoms with E-state index in [1.165, 1.54) is 84.1 Å². The predicted octanol–water partition coefficient (Wildman–Crippen LogP) is 6.21. The maximum atomic E-state index is 10.8. The third-order valence-electron chi connectivity index (χ3n) is 10.2. The first-order valence-electron chi connectivity index (χ1n) is 12.9. The number of fused-ring (bicyclic) bond motifs is 5. The van der Waals surface area contributed by atoms with Crippen LogP contribution in [0.3, 0.4) is 0 Å². The molecule has 0 aromatic heterocycles. The first-order chi connectivity index (χ1) is 14.9. The van der Waals surface area contributed by atoms with Crippen LogP contribution in [0.4, 0.5) is 0 Å². The zero-order chi connectivity index (χ0) is 23.1. The zero-order valence-electron chi connectivity index (χ0n) is 20.4. The molecule has 0 aromatic carbocycles. The lowest BCUT2D eigenvalue weighted by Gasteiger charge is -2.60. The Bertz CT molecular complexity index is 573. The van der Waals surface area contributed by atoms with Crippen LogP contribution in [-0.4, -0.2) is 28.4 Å². The average molecular weight is 456 g/mol. The molecule has 0 bridgehead atoms. The molecule has 0 spiro atoms. The number of hydrogen-bond acceptors (Lipinski definition) is 3. The molecular weight excluding hydrogens is 406 g/mol. The van der Waals surface area contributed by atoms with Gasteiger partial charge < -0.3 is 15.1 Å². The summed E-state index contributed by atoms with van der Waals surface area (Å²) in [6.07, 6.45) is 19.7. The highest BCUT2D eigenvalue weighted by atomic mass is 32.2. The fourth-order valence-corrected chi connectivity index (χ4v) is 9.12. The molecule has 0 aromatic rings. The summed E-state index contributed by atoms with van der Waals surface area (Å²) in [4.78, 5) is 8.00. The van der Waals surface area contributed by atoms with Crippen LogP contribution in [0.1, 0.15) is 104 Å². The Balaban J connectivity index is 0.000000807. The first-order valence-corrected chi connectivity index (χ1v) is 14.2. The first kappa shape index (κ1) is 27.0. The molecular formula is C26H49NO3S. The molecule has 3 N–H and O–H groups in total. The van der Waals surface area contributed by atoms with Gasteiger partial charge in [-0.15, -0.1) is 0 Å². The van der Waals surface area contributed by atoms with Gasteiger partial charge in [-0.05, 0) is 112 Å². The second-order valence-electron chi connectivity index (χ2n) is 11.1. The van der Waals surface area contributed by atoms with Crippen LogP contribution in [0, 0.1) is 40.4 Å². The smallest absolute Gasteiger partial charge is 0.152 e. The number of rotatable bonds is 6. The van der Waals surface area contributed by atoms with Crippen molar-refractivity contribution in [1.82, 2.24) is 0 Å². The van der Waals surface area contributed by atoms with E-state index in [9.17, 15) is 4.21 Å². The molecule has 0 heterocycles. The minimum Gasteiger partial charge on any atom is -0.333 e. The Morgan fingerprint density at radius 2 is 1.58 bits per heavy atom. The van der Waals surface area contributed by atoms with Crippen LogP contribution in [0.2, 0.25) is 0 Å². The van der Waals surface area contributed by atoms with Crippen molar-refractivity contribution in [2.45, 2.75) is 104 Å². The average Bonchev–Trinajstić information content (AvgIpc) is 3.12. The minimum absolute atomic E-state index is 0.466. The molecule has 4 aliphatic rings. The summed E-state index contributed by atoms with van der Waals surface area (Å²) in [5.74, 6) is 5.45. The van der Waals surface area contributed by atoms with Crippen molar-refractivity contribution in [3.8, 4) is 0 Å². The molecule has 8 atom stereocenters. The summed E-state index contributed by atoms with van der Waals surface area (Å²) in [6, 6.07) is 0. The van der Waals surface area contributed by atoms with Gasteiger partial charge in [-0.2, -0.15) is 0 Å². The van der Waals surface area contributed by atoms with Gasteiger partial charge in [0, 0.05) is 5.75 Å². The molecule has 5 heteroatoms. The molecule has 4 aliphatic carbocycles. The summed E-state index contributed by atoms with van der Waals surface area (Å²) < 4.78 is 19.8. The molecule has 182 valence electrons. The van der Waals surface area contributed by atoms with Crippen LogP contribution in [0.5, 0.6) is 0 Å². The van der Waals surface area contributed by atoms with Gasteiger partial charge in [0.2, 0.25) is 0 Å². The van der Waals surface area contributed by atoms with Gasteiger partial charge in [0.25, 0.3) is 0 Å². The monoisotopic (exact) mass is 455 g/mol. The number of carbonyl (C=O) groups excluding carboxylic acids is 1. The fraction of sp³-hybridized carbons (Fsp3) is 0.962. The molecule has 4 fully saturated rings. The SMILES string of the molecule is C=O.CC12CCCCC1CCC1C2CCC2(C)C(CCCCCS(=O)O)CCC12.CN. The summed E-state index contributed by atoms with van der Waals surface area (Å²) in [5, 5.41) is 0. The lowest BCUT2D eigenvalue weighted by Crippen LogP contribution is -2.52. The Hall–Kier alpha value is -0.260. The van der Waals surface area contributed by atoms with Crippen molar-refractivity contribution in [2.75, 3.05) is 12.8 Å². The topological polar surface area (TPSA) is 80.4 Å². The van der Waals surface area contributed by atoms with E-state index in [0.717, 1.165) is 42.4 Å². The molecule has 0 radical (unpaired) electrons. The standard InChI is InChI=1S/C24H42O2S.CH5N.CH2O/c1-23-15-6-5-9-18(23)10-12-20-21-13-11-19(8-4-3-7-17-27(25)26)24(21,2)16-14-22(20)23;2*1-2/h18-22H,3-17H2,1-2H3,(H,25,26);2H2,1H3;1H2. The molecule has 0 amide bonds. The van der Waals surface area contributed by atoms with E-state index in [0.29, 0.717) is 16.6 Å². The highest BCUT2D eigenvalue weighted by molar-refractivity contribution is 7.79. The molecule has 0 saturated heterocycles. The Morgan fingerprint density at radius 1 is 0.871 bits per heavy atom. The fourth-order valence-electron chi connectivity index (χ4n) is 8.67. The van der Waals surface area contributed by atoms with Crippen molar-refractivity contribution in [3.05, 3.63) is 0 Å². The maximum Gasteiger partial charge on any atom is 0.152 e. The maximum absolute atomic E-state index is 10.8. The van der Waals surface area contributed by atoms with Gasteiger partial charge in [-0.3, -0.25) is 0 Å². The largest absolute Gasteiger partial charge is 0.333 e. The van der Waals surface area contributed by atoms with Crippen LogP contribution in [0.15, 0.2) is 0 Å². The van der Waals surface area contributed by atoms with Crippen LogP contribution in [-0.2, 0) is 15.9 Å². The van der Waals surface area contributed by atoms with Gasteiger partial charge in [-0.1, -0.05) is 39.5 Å². The zero-order valence-corrected chi connectivity index (χ0v) is 21.3. The van der Waals surface area contributed by atoms with E-state index in [-0.39, 0.29) is 0 Å². The highest BCUT2D eigenvalue weighted by Gasteiger charge is 2.59. The summed E-state index contributed by atoms with van der Waals surface area (Å²) in [6.45, 7) is 7.34. The second kappa shape index (κ2) is 12.3. The Kier molecular flexibility index (Phi) is 10.7. The summed E-state index contributed by atoms with van der Waals surface area (Å²) in [7, 11) is 1.50. The lowest BCUT2D eigenvalue weighted by atomic mass is 9.45. The van der Waals surface area contributed by atoms with E-state index in [2.05, 4.69) is 19.6 Å². The van der Waals surface area contributed by atoms with Crippen molar-refractivity contribution >= 4 is 17.9 Å². The van der Waals surface area contributed by atoms with Gasteiger partial charge in [-0.25, -0.2) is 4.21 Å². The van der Waals surface area contributed by atoms with Crippen molar-refractivity contribution in [1.29, 1.82) is 0 Å². The Labute approximate surface area is 194 Å².